The van der Waals surface area contributed by atoms with Crippen molar-refractivity contribution in [2.75, 3.05) is 20.2 Å². The number of nitrogens with two attached hydrogens (primary N) is 1. The van der Waals surface area contributed by atoms with Crippen LogP contribution in [-0.2, 0) is 6.54 Å². The van der Waals surface area contributed by atoms with Gasteiger partial charge in [0.05, 0.1) is 6.54 Å². The Hall–Kier alpha value is -2.29. The third kappa shape index (κ3) is 7.42. The predicted octanol–water partition coefficient (Wildman–Crippen LogP) is 2.15. The number of nitrogens with zero attached hydrogens (tertiary/aromatic N) is 1. The molecule has 0 bridgehead atoms. The number of nitrogens with one attached hydrogen (secondary N) is 2. The van der Waals surface area contributed by atoms with E-state index in [4.69, 9.17) is 10.5 Å². The summed E-state index contributed by atoms with van der Waals surface area (Å²) in [5.74, 6) is 1.07. The Morgan fingerprint density at radius 3 is 2.56 bits per heavy atom. The fourth-order valence-corrected chi connectivity index (χ4v) is 2.10. The molecule has 0 atom stereocenters. The molecule has 25 heavy (non-hydrogen) atoms. The average molecular weight is 454 g/mol. The van der Waals surface area contributed by atoms with E-state index in [0.717, 1.165) is 11.3 Å². The first-order valence-electron chi connectivity index (χ1n) is 7.70. The third-order valence-corrected chi connectivity index (χ3v) is 3.30. The zero-order valence-corrected chi connectivity index (χ0v) is 16.4. The SMILES string of the molecule is CN=C(NCCOc1ccccc1)NCc1cccc(C(N)=O)c1.I. The normalized spacial score (nSPS) is 10.5. The fraction of sp³-hybridized carbons (Fsp3) is 0.222. The van der Waals surface area contributed by atoms with E-state index in [-0.39, 0.29) is 24.0 Å². The molecule has 0 heterocycles. The molecule has 0 radical (unpaired) electrons. The highest BCUT2D eigenvalue weighted by Crippen LogP contribution is 2.07. The quantitative estimate of drug-likeness (QED) is 0.259. The van der Waals surface area contributed by atoms with Gasteiger partial charge in [-0.3, -0.25) is 9.79 Å². The topological polar surface area (TPSA) is 88.7 Å². The average Bonchev–Trinajstić information content (AvgIpc) is 2.62. The molecular weight excluding hydrogens is 431 g/mol. The van der Waals surface area contributed by atoms with Gasteiger partial charge >= 0.3 is 0 Å². The molecule has 0 aliphatic rings. The minimum Gasteiger partial charge on any atom is -0.492 e. The van der Waals surface area contributed by atoms with Crippen LogP contribution in [0.1, 0.15) is 15.9 Å². The second-order valence-corrected chi connectivity index (χ2v) is 5.08. The molecule has 4 N–H and O–H groups in total. The van der Waals surface area contributed by atoms with Crippen molar-refractivity contribution in [3.63, 3.8) is 0 Å². The van der Waals surface area contributed by atoms with Gasteiger partial charge in [-0.05, 0) is 29.8 Å². The van der Waals surface area contributed by atoms with Gasteiger partial charge in [0.15, 0.2) is 5.96 Å². The summed E-state index contributed by atoms with van der Waals surface area (Å²) in [4.78, 5) is 15.3. The highest BCUT2D eigenvalue weighted by atomic mass is 127. The van der Waals surface area contributed by atoms with Crippen LogP contribution in [0.25, 0.3) is 0 Å². The zero-order valence-electron chi connectivity index (χ0n) is 14.1. The van der Waals surface area contributed by atoms with E-state index in [1.54, 1.807) is 25.2 Å². The predicted molar refractivity (Wildman–Crippen MR) is 111 cm³/mol. The first kappa shape index (κ1) is 20.8. The summed E-state index contributed by atoms with van der Waals surface area (Å²) in [6.45, 7) is 1.69. The summed E-state index contributed by atoms with van der Waals surface area (Å²) in [6, 6.07) is 16.8. The van der Waals surface area contributed by atoms with Gasteiger partial charge in [0.1, 0.15) is 12.4 Å². The molecule has 0 aliphatic heterocycles. The highest BCUT2D eigenvalue weighted by molar-refractivity contribution is 14.0. The number of primary amides is 1. The van der Waals surface area contributed by atoms with E-state index in [2.05, 4.69) is 15.6 Å². The first-order valence-corrected chi connectivity index (χ1v) is 7.70. The second kappa shape index (κ2) is 11.3. The van der Waals surface area contributed by atoms with Crippen molar-refractivity contribution >= 4 is 35.8 Å². The van der Waals surface area contributed by atoms with Crippen LogP contribution >= 0.6 is 24.0 Å². The van der Waals surface area contributed by atoms with Crippen LogP contribution in [0.2, 0.25) is 0 Å². The number of halogens is 1. The molecule has 2 rings (SSSR count). The fourth-order valence-electron chi connectivity index (χ4n) is 2.10. The van der Waals surface area contributed by atoms with Crippen molar-refractivity contribution in [1.82, 2.24) is 10.6 Å². The lowest BCUT2D eigenvalue weighted by molar-refractivity contribution is 0.1000. The lowest BCUT2D eigenvalue weighted by atomic mass is 10.1. The molecule has 0 fully saturated rings. The van der Waals surface area contributed by atoms with Gasteiger partial charge in [-0.15, -0.1) is 24.0 Å². The molecule has 0 saturated carbocycles. The van der Waals surface area contributed by atoms with E-state index < -0.39 is 5.91 Å². The van der Waals surface area contributed by atoms with Crippen molar-refractivity contribution < 1.29 is 9.53 Å². The summed E-state index contributed by atoms with van der Waals surface area (Å²) in [5.41, 5.74) is 6.73. The standard InChI is InChI=1S/C18H22N4O2.HI/c1-20-18(21-10-11-24-16-8-3-2-4-9-16)22-13-14-6-5-7-15(12-14)17(19)23;/h2-9,12H,10-11,13H2,1H3,(H2,19,23)(H2,20,21,22);1H. The monoisotopic (exact) mass is 454 g/mol. The Kier molecular flexibility index (Phi) is 9.38. The van der Waals surface area contributed by atoms with Crippen LogP contribution in [0, 0.1) is 0 Å². The molecule has 134 valence electrons. The summed E-state index contributed by atoms with van der Waals surface area (Å²) in [6.07, 6.45) is 0. The number of carbonyl (C=O) groups excluding carboxylic acids is 1. The minimum atomic E-state index is -0.433. The van der Waals surface area contributed by atoms with Crippen molar-refractivity contribution in [1.29, 1.82) is 0 Å². The number of guanidine groups is 1. The minimum absolute atomic E-state index is 0. The van der Waals surface area contributed by atoms with Gasteiger partial charge in [0, 0.05) is 19.2 Å². The number of amides is 1. The van der Waals surface area contributed by atoms with Crippen LogP contribution in [0.5, 0.6) is 5.75 Å². The Balaban J connectivity index is 0.00000312. The smallest absolute Gasteiger partial charge is 0.248 e. The van der Waals surface area contributed by atoms with Crippen LogP contribution in [0.3, 0.4) is 0 Å². The number of para-hydroxylation sites is 1. The molecular formula is C18H23IN4O2. The summed E-state index contributed by atoms with van der Waals surface area (Å²) < 4.78 is 5.61. The maximum Gasteiger partial charge on any atom is 0.248 e. The number of benzene rings is 2. The largest absolute Gasteiger partial charge is 0.492 e. The summed E-state index contributed by atoms with van der Waals surface area (Å²) >= 11 is 0. The molecule has 2 aromatic rings. The van der Waals surface area contributed by atoms with Crippen LogP contribution in [-0.4, -0.2) is 32.1 Å². The van der Waals surface area contributed by atoms with Crippen molar-refractivity contribution in [2.24, 2.45) is 10.7 Å². The molecule has 7 heteroatoms. The van der Waals surface area contributed by atoms with Crippen molar-refractivity contribution in [2.45, 2.75) is 6.54 Å². The molecule has 0 aliphatic carbocycles. The first-order chi connectivity index (χ1) is 11.7. The number of hydrogen-bond donors (Lipinski definition) is 3. The van der Waals surface area contributed by atoms with Crippen LogP contribution < -0.4 is 21.1 Å². The molecule has 1 amide bonds. The van der Waals surface area contributed by atoms with Gasteiger partial charge in [0.25, 0.3) is 0 Å². The van der Waals surface area contributed by atoms with E-state index in [1.165, 1.54) is 0 Å². The number of ether oxygens (including phenoxy) is 1. The van der Waals surface area contributed by atoms with Crippen LogP contribution in [0.4, 0.5) is 0 Å². The molecule has 0 unspecified atom stereocenters. The number of aliphatic imine (C=N–C) groups is 1. The highest BCUT2D eigenvalue weighted by Gasteiger charge is 2.02. The maximum absolute atomic E-state index is 11.2. The summed E-state index contributed by atoms with van der Waals surface area (Å²) in [7, 11) is 1.70. The van der Waals surface area contributed by atoms with Gasteiger partial charge in [-0.1, -0.05) is 30.3 Å². The lowest BCUT2D eigenvalue weighted by Crippen LogP contribution is -2.38. The van der Waals surface area contributed by atoms with Crippen molar-refractivity contribution in [3.8, 4) is 5.75 Å². The Morgan fingerprint density at radius 1 is 1.12 bits per heavy atom. The van der Waals surface area contributed by atoms with E-state index in [0.29, 0.717) is 31.2 Å². The van der Waals surface area contributed by atoms with Gasteiger partial charge < -0.3 is 21.1 Å². The van der Waals surface area contributed by atoms with E-state index >= 15 is 0 Å². The van der Waals surface area contributed by atoms with E-state index in [1.807, 2.05) is 36.4 Å². The molecule has 0 spiro atoms. The Bertz CT molecular complexity index is 692. The Labute approximate surface area is 164 Å². The third-order valence-electron chi connectivity index (χ3n) is 3.30. The molecule has 0 saturated heterocycles. The lowest BCUT2D eigenvalue weighted by Gasteiger charge is -2.13. The number of carbonyl (C=O) groups is 1. The number of hydrogen-bond acceptors (Lipinski definition) is 3. The summed E-state index contributed by atoms with van der Waals surface area (Å²) in [5, 5.41) is 6.35. The second-order valence-electron chi connectivity index (χ2n) is 5.08. The van der Waals surface area contributed by atoms with Gasteiger partial charge in [-0.25, -0.2) is 0 Å². The Morgan fingerprint density at radius 2 is 1.88 bits per heavy atom. The van der Waals surface area contributed by atoms with Crippen molar-refractivity contribution in [3.05, 3.63) is 65.7 Å². The molecule has 2 aromatic carbocycles. The number of rotatable bonds is 7. The van der Waals surface area contributed by atoms with E-state index in [9.17, 15) is 4.79 Å². The molecule has 0 aromatic heterocycles. The van der Waals surface area contributed by atoms with Gasteiger partial charge in [0.2, 0.25) is 5.91 Å². The zero-order chi connectivity index (χ0) is 17.2. The molecule has 6 nitrogen and oxygen atoms in total. The van der Waals surface area contributed by atoms with Gasteiger partial charge in [-0.2, -0.15) is 0 Å². The maximum atomic E-state index is 11.2. The van der Waals surface area contributed by atoms with Crippen LogP contribution in [0.15, 0.2) is 59.6 Å².